The molecule has 0 aliphatic rings. The number of benzene rings is 1. The Labute approximate surface area is 142 Å². The lowest BCUT2D eigenvalue weighted by atomic mass is 10.2. The van der Waals surface area contributed by atoms with E-state index in [1.165, 1.54) is 12.4 Å². The van der Waals surface area contributed by atoms with Crippen molar-refractivity contribution < 1.29 is 9.90 Å². The van der Waals surface area contributed by atoms with Crippen LogP contribution in [0.15, 0.2) is 41.6 Å². The second-order valence-electron chi connectivity index (χ2n) is 3.74. The summed E-state index contributed by atoms with van der Waals surface area (Å²) >= 11 is 4.18. The number of phenolic OH excluding ortho intramolecular Hbond substituents is 1. The third kappa shape index (κ3) is 3.88. The van der Waals surface area contributed by atoms with Crippen LogP contribution in [0.5, 0.6) is 5.75 Å². The Bertz CT molecular complexity index is 660. The zero-order valence-corrected chi connectivity index (χ0v) is 14.4. The van der Waals surface area contributed by atoms with Gasteiger partial charge in [-0.15, -0.1) is 0 Å². The van der Waals surface area contributed by atoms with Gasteiger partial charge in [-0.2, -0.15) is 5.10 Å². The highest BCUT2D eigenvalue weighted by molar-refractivity contribution is 14.1. The highest BCUT2D eigenvalue weighted by Gasteiger charge is 2.06. The number of hydrazone groups is 1. The molecule has 7 heteroatoms. The van der Waals surface area contributed by atoms with Crippen LogP contribution in [0.4, 0.5) is 0 Å². The number of nitrogens with one attached hydrogen (secondary N) is 1. The first-order chi connectivity index (χ1) is 9.58. The van der Waals surface area contributed by atoms with Crippen LogP contribution in [0.3, 0.4) is 0 Å². The maximum absolute atomic E-state index is 11.7. The number of halogens is 2. The topological polar surface area (TPSA) is 74.6 Å². The second-order valence-corrected chi connectivity index (χ2v) is 6.15. The predicted octanol–water partition coefficient (Wildman–Crippen LogP) is 2.76. The van der Waals surface area contributed by atoms with Crippen LogP contribution in [0.25, 0.3) is 0 Å². The monoisotopic (exact) mass is 493 g/mol. The molecule has 0 bridgehead atoms. The Morgan fingerprint density at radius 1 is 1.35 bits per heavy atom. The van der Waals surface area contributed by atoms with E-state index in [1.807, 2.05) is 28.7 Å². The summed E-state index contributed by atoms with van der Waals surface area (Å²) in [5.74, 6) is -0.261. The van der Waals surface area contributed by atoms with Crippen molar-refractivity contribution in [2.75, 3.05) is 0 Å². The number of hydrogen-bond donors (Lipinski definition) is 2. The maximum atomic E-state index is 11.7. The molecule has 2 rings (SSSR count). The summed E-state index contributed by atoms with van der Waals surface area (Å²) in [6.45, 7) is 0. The van der Waals surface area contributed by atoms with Crippen LogP contribution in [0.2, 0.25) is 0 Å². The summed E-state index contributed by atoms with van der Waals surface area (Å²) in [5, 5.41) is 13.7. The lowest BCUT2D eigenvalue weighted by molar-refractivity contribution is 0.0950. The number of phenols is 1. The Hall–Kier alpha value is -1.23. The molecule has 1 amide bonds. The van der Waals surface area contributed by atoms with Gasteiger partial charge in [-0.1, -0.05) is 6.07 Å². The van der Waals surface area contributed by atoms with Crippen LogP contribution in [0.1, 0.15) is 16.1 Å². The average Bonchev–Trinajstić information content (AvgIpc) is 2.44. The number of nitrogens with zero attached hydrogens (tertiary/aromatic N) is 2. The van der Waals surface area contributed by atoms with E-state index in [4.69, 9.17) is 0 Å². The van der Waals surface area contributed by atoms with Gasteiger partial charge >= 0.3 is 0 Å². The van der Waals surface area contributed by atoms with Crippen LogP contribution in [-0.2, 0) is 0 Å². The molecule has 1 aromatic heterocycles. The zero-order valence-electron chi connectivity index (χ0n) is 10.0. The minimum Gasteiger partial charge on any atom is -0.506 e. The van der Waals surface area contributed by atoms with Crippen LogP contribution < -0.4 is 5.43 Å². The summed E-state index contributed by atoms with van der Waals surface area (Å²) < 4.78 is 1.70. The van der Waals surface area contributed by atoms with Gasteiger partial charge in [0.05, 0.1) is 9.78 Å². The van der Waals surface area contributed by atoms with Crippen LogP contribution >= 0.6 is 45.2 Å². The number of carbonyl (C=O) groups is 1. The van der Waals surface area contributed by atoms with Gasteiger partial charge in [0.1, 0.15) is 11.4 Å². The number of amides is 1. The third-order valence-electron chi connectivity index (χ3n) is 2.32. The van der Waals surface area contributed by atoms with Gasteiger partial charge in [0.25, 0.3) is 5.91 Å². The average molecular weight is 493 g/mol. The molecule has 0 aliphatic heterocycles. The van der Waals surface area contributed by atoms with E-state index < -0.39 is 5.91 Å². The SMILES string of the molecule is O=C(NN=Cc1cc(I)cc(I)c1O)c1ccccn1. The Morgan fingerprint density at radius 3 is 2.85 bits per heavy atom. The van der Waals surface area contributed by atoms with E-state index in [9.17, 15) is 9.90 Å². The molecule has 2 aromatic rings. The molecule has 0 spiro atoms. The van der Waals surface area contributed by atoms with Crippen LogP contribution in [-0.4, -0.2) is 22.2 Å². The number of carbonyl (C=O) groups excluding carboxylic acids is 1. The van der Waals surface area contributed by atoms with Crippen molar-refractivity contribution >= 4 is 57.3 Å². The molecular formula is C13H9I2N3O2. The van der Waals surface area contributed by atoms with Crippen molar-refractivity contribution in [2.24, 2.45) is 5.10 Å². The molecule has 1 heterocycles. The molecule has 5 nitrogen and oxygen atoms in total. The van der Waals surface area contributed by atoms with E-state index >= 15 is 0 Å². The summed E-state index contributed by atoms with van der Waals surface area (Å²) in [4.78, 5) is 15.6. The predicted molar refractivity (Wildman–Crippen MR) is 92.8 cm³/mol. The molecule has 20 heavy (non-hydrogen) atoms. The molecule has 0 unspecified atom stereocenters. The van der Waals surface area contributed by atoms with Gasteiger partial charge < -0.3 is 5.11 Å². The summed E-state index contributed by atoms with van der Waals surface area (Å²) in [6, 6.07) is 8.66. The highest BCUT2D eigenvalue weighted by Crippen LogP contribution is 2.25. The van der Waals surface area contributed by atoms with Crippen molar-refractivity contribution in [3.05, 3.63) is 54.9 Å². The summed E-state index contributed by atoms with van der Waals surface area (Å²) in [5.41, 5.74) is 3.19. The fourth-order valence-corrected chi connectivity index (χ4v) is 3.29. The molecule has 0 aliphatic carbocycles. The number of pyridine rings is 1. The standard InChI is InChI=1S/C13H9I2N3O2/c14-9-5-8(12(19)10(15)6-9)7-17-18-13(20)11-3-1-2-4-16-11/h1-7,19H,(H,18,20). The first-order valence-corrected chi connectivity index (χ1v) is 7.66. The molecule has 0 saturated carbocycles. The fourth-order valence-electron chi connectivity index (χ4n) is 1.40. The zero-order chi connectivity index (χ0) is 14.5. The van der Waals surface area contributed by atoms with E-state index in [-0.39, 0.29) is 11.4 Å². The van der Waals surface area contributed by atoms with Gasteiger partial charge in [0.2, 0.25) is 0 Å². The molecule has 1 aromatic carbocycles. The second kappa shape index (κ2) is 6.97. The Kier molecular flexibility index (Phi) is 5.29. The van der Waals surface area contributed by atoms with Gasteiger partial charge in [-0.05, 0) is 69.4 Å². The minimum atomic E-state index is -0.401. The maximum Gasteiger partial charge on any atom is 0.289 e. The minimum absolute atomic E-state index is 0.141. The molecule has 2 N–H and O–H groups in total. The summed E-state index contributed by atoms with van der Waals surface area (Å²) in [7, 11) is 0. The molecular weight excluding hydrogens is 484 g/mol. The largest absolute Gasteiger partial charge is 0.506 e. The number of aromatic nitrogens is 1. The van der Waals surface area contributed by atoms with Gasteiger partial charge in [0.15, 0.2) is 0 Å². The molecule has 0 radical (unpaired) electrons. The Morgan fingerprint density at radius 2 is 2.15 bits per heavy atom. The van der Waals surface area contributed by atoms with Gasteiger partial charge in [-0.3, -0.25) is 9.78 Å². The fraction of sp³-hybridized carbons (Fsp3) is 0. The number of aromatic hydroxyl groups is 1. The molecule has 0 atom stereocenters. The smallest absolute Gasteiger partial charge is 0.289 e. The molecule has 0 saturated heterocycles. The summed E-state index contributed by atoms with van der Waals surface area (Å²) in [6.07, 6.45) is 2.94. The first-order valence-electron chi connectivity index (χ1n) is 5.50. The number of hydrogen-bond acceptors (Lipinski definition) is 4. The van der Waals surface area contributed by atoms with Gasteiger partial charge in [0, 0.05) is 15.3 Å². The van der Waals surface area contributed by atoms with E-state index in [2.05, 4.69) is 38.1 Å². The van der Waals surface area contributed by atoms with Crippen molar-refractivity contribution in [3.8, 4) is 5.75 Å². The quantitative estimate of drug-likeness (QED) is 0.393. The normalized spacial score (nSPS) is 10.7. The van der Waals surface area contributed by atoms with E-state index in [0.717, 1.165) is 7.14 Å². The number of rotatable bonds is 3. The van der Waals surface area contributed by atoms with Crippen molar-refractivity contribution in [2.45, 2.75) is 0 Å². The molecule has 0 fully saturated rings. The highest BCUT2D eigenvalue weighted by atomic mass is 127. The first kappa shape index (κ1) is 15.2. The van der Waals surface area contributed by atoms with E-state index in [0.29, 0.717) is 5.56 Å². The van der Waals surface area contributed by atoms with Crippen molar-refractivity contribution in [3.63, 3.8) is 0 Å². The lowest BCUT2D eigenvalue weighted by Gasteiger charge is -2.03. The lowest BCUT2D eigenvalue weighted by Crippen LogP contribution is -2.18. The third-order valence-corrected chi connectivity index (χ3v) is 3.77. The van der Waals surface area contributed by atoms with Crippen molar-refractivity contribution in [1.29, 1.82) is 0 Å². The Balaban J connectivity index is 2.10. The van der Waals surface area contributed by atoms with E-state index in [1.54, 1.807) is 24.3 Å². The van der Waals surface area contributed by atoms with Crippen LogP contribution in [0, 0.1) is 7.14 Å². The van der Waals surface area contributed by atoms with Crippen molar-refractivity contribution in [1.82, 2.24) is 10.4 Å². The van der Waals surface area contributed by atoms with Gasteiger partial charge in [-0.25, -0.2) is 5.43 Å². The molecule has 102 valence electrons.